The zero-order valence-corrected chi connectivity index (χ0v) is 18.1. The van der Waals surface area contributed by atoms with E-state index in [4.69, 9.17) is 0 Å². The van der Waals surface area contributed by atoms with Crippen LogP contribution in [0.25, 0.3) is 10.2 Å². The van der Waals surface area contributed by atoms with Crippen molar-refractivity contribution in [2.75, 3.05) is 37.8 Å². The molecule has 3 rings (SSSR count). The quantitative estimate of drug-likeness (QED) is 0.569. The third kappa shape index (κ3) is 4.47. The van der Waals surface area contributed by atoms with Gasteiger partial charge in [0, 0.05) is 13.1 Å². The molecule has 6 nitrogen and oxygen atoms in total. The van der Waals surface area contributed by atoms with E-state index in [2.05, 4.69) is 4.98 Å². The van der Waals surface area contributed by atoms with E-state index >= 15 is 0 Å². The number of hydrogen-bond acceptors (Lipinski definition) is 6. The molecule has 0 unspecified atom stereocenters. The molecule has 0 atom stereocenters. The van der Waals surface area contributed by atoms with Crippen molar-refractivity contribution in [3.05, 3.63) is 53.8 Å². The van der Waals surface area contributed by atoms with E-state index in [-0.39, 0.29) is 28.3 Å². The number of rotatable bonds is 7. The monoisotopic (exact) mass is 435 g/mol. The molecule has 0 aliphatic rings. The Balaban J connectivity index is 2.10. The Labute approximate surface area is 173 Å². The first kappa shape index (κ1) is 21.4. The molecule has 0 aliphatic carbocycles. The molecule has 9 heteroatoms. The summed E-state index contributed by atoms with van der Waals surface area (Å²) in [5.41, 5.74) is 0.289. The molecule has 0 saturated heterocycles. The average Bonchev–Trinajstić information content (AvgIpc) is 3.13. The third-order valence-corrected chi connectivity index (χ3v) is 7.27. The minimum atomic E-state index is -3.59. The average molecular weight is 436 g/mol. The van der Waals surface area contributed by atoms with Gasteiger partial charge in [0.1, 0.15) is 11.3 Å². The molecular weight excluding hydrogens is 413 g/mol. The standard InChI is InChI=1S/C20H22FN3O3S2/c1-4-29(26,27)17-11-6-5-8-14(17)19(25)24(13-12-23(2)3)20-22-18-15(21)9-7-10-16(18)28-20/h5-11H,4,12-13H2,1-3H3. The van der Waals surface area contributed by atoms with Crippen molar-refractivity contribution in [1.29, 1.82) is 0 Å². The maximum Gasteiger partial charge on any atom is 0.261 e. The lowest BCUT2D eigenvalue weighted by molar-refractivity contribution is 0.0982. The number of benzene rings is 2. The van der Waals surface area contributed by atoms with Crippen molar-refractivity contribution in [2.24, 2.45) is 0 Å². The minimum absolute atomic E-state index is 0.00496. The van der Waals surface area contributed by atoms with Crippen molar-refractivity contribution < 1.29 is 17.6 Å². The Hall–Kier alpha value is -2.36. The zero-order valence-electron chi connectivity index (χ0n) is 16.4. The van der Waals surface area contributed by atoms with Crippen LogP contribution in [-0.4, -0.2) is 57.1 Å². The predicted molar refractivity (Wildman–Crippen MR) is 114 cm³/mol. The number of para-hydroxylation sites is 1. The van der Waals surface area contributed by atoms with Crippen molar-refractivity contribution >= 4 is 42.4 Å². The minimum Gasteiger partial charge on any atom is -0.308 e. The van der Waals surface area contributed by atoms with Crippen LogP contribution in [-0.2, 0) is 9.84 Å². The van der Waals surface area contributed by atoms with Gasteiger partial charge in [-0.25, -0.2) is 17.8 Å². The second-order valence-corrected chi connectivity index (χ2v) is 10.00. The van der Waals surface area contributed by atoms with Gasteiger partial charge in [-0.2, -0.15) is 0 Å². The summed E-state index contributed by atoms with van der Waals surface area (Å²) in [5.74, 6) is -1.04. The number of nitrogens with zero attached hydrogens (tertiary/aromatic N) is 3. The maximum atomic E-state index is 14.1. The Morgan fingerprint density at radius 3 is 2.48 bits per heavy atom. The number of thiazole rings is 1. The smallest absolute Gasteiger partial charge is 0.261 e. The van der Waals surface area contributed by atoms with Crippen molar-refractivity contribution in [3.8, 4) is 0 Å². The maximum absolute atomic E-state index is 14.1. The molecule has 0 radical (unpaired) electrons. The van der Waals surface area contributed by atoms with Gasteiger partial charge in [-0.3, -0.25) is 9.69 Å². The molecule has 0 spiro atoms. The van der Waals surface area contributed by atoms with Crippen molar-refractivity contribution in [2.45, 2.75) is 11.8 Å². The van der Waals surface area contributed by atoms with Gasteiger partial charge < -0.3 is 4.90 Å². The highest BCUT2D eigenvalue weighted by atomic mass is 32.2. The summed E-state index contributed by atoms with van der Waals surface area (Å²) in [6, 6.07) is 10.8. The molecule has 1 aromatic heterocycles. The fourth-order valence-corrected chi connectivity index (χ4v) is 4.91. The summed E-state index contributed by atoms with van der Waals surface area (Å²) >= 11 is 1.20. The summed E-state index contributed by atoms with van der Waals surface area (Å²) in [5, 5.41) is 0.334. The van der Waals surface area contributed by atoms with Gasteiger partial charge in [0.15, 0.2) is 15.0 Å². The molecule has 0 aliphatic heterocycles. The van der Waals surface area contributed by atoms with Crippen LogP contribution in [0.2, 0.25) is 0 Å². The number of halogens is 1. The Kier molecular flexibility index (Phi) is 6.30. The largest absolute Gasteiger partial charge is 0.308 e. The Bertz CT molecular complexity index is 1140. The number of sulfone groups is 1. The van der Waals surface area contributed by atoms with Crippen LogP contribution in [0.4, 0.5) is 9.52 Å². The summed E-state index contributed by atoms with van der Waals surface area (Å²) in [6.45, 7) is 2.36. The van der Waals surface area contributed by atoms with Crippen LogP contribution < -0.4 is 4.90 Å². The second-order valence-electron chi connectivity index (χ2n) is 6.74. The van der Waals surface area contributed by atoms with Crippen LogP contribution in [0.1, 0.15) is 17.3 Å². The van der Waals surface area contributed by atoms with Crippen molar-refractivity contribution in [3.63, 3.8) is 0 Å². The van der Waals surface area contributed by atoms with E-state index in [1.807, 2.05) is 19.0 Å². The molecule has 0 N–H and O–H groups in total. The lowest BCUT2D eigenvalue weighted by Crippen LogP contribution is -2.37. The van der Waals surface area contributed by atoms with Gasteiger partial charge in [-0.15, -0.1) is 0 Å². The molecule has 29 heavy (non-hydrogen) atoms. The fourth-order valence-electron chi connectivity index (χ4n) is 2.82. The van der Waals surface area contributed by atoms with Crippen LogP contribution in [0.15, 0.2) is 47.4 Å². The van der Waals surface area contributed by atoms with Gasteiger partial charge in [0.05, 0.1) is 20.9 Å². The highest BCUT2D eigenvalue weighted by Gasteiger charge is 2.27. The normalized spacial score (nSPS) is 11.9. The van der Waals surface area contributed by atoms with Crippen LogP contribution in [0, 0.1) is 5.82 Å². The lowest BCUT2D eigenvalue weighted by Gasteiger charge is -2.23. The van der Waals surface area contributed by atoms with E-state index in [1.165, 1.54) is 41.4 Å². The molecular formula is C20H22FN3O3S2. The molecule has 0 saturated carbocycles. The zero-order chi connectivity index (χ0) is 21.2. The number of fused-ring (bicyclic) bond motifs is 1. The fraction of sp³-hybridized carbons (Fsp3) is 0.300. The summed E-state index contributed by atoms with van der Waals surface area (Å²) in [7, 11) is 0.155. The van der Waals surface area contributed by atoms with Crippen molar-refractivity contribution in [1.82, 2.24) is 9.88 Å². The van der Waals surface area contributed by atoms with E-state index in [0.717, 1.165) is 0 Å². The number of hydrogen-bond donors (Lipinski definition) is 0. The topological polar surface area (TPSA) is 70.6 Å². The molecule has 3 aromatic rings. The van der Waals surface area contributed by atoms with Gasteiger partial charge in [0.25, 0.3) is 5.91 Å². The molecule has 154 valence electrons. The van der Waals surface area contributed by atoms with Gasteiger partial charge in [0.2, 0.25) is 0 Å². The number of aromatic nitrogens is 1. The van der Waals surface area contributed by atoms with Gasteiger partial charge in [-0.05, 0) is 38.4 Å². The van der Waals surface area contributed by atoms with Crippen LogP contribution in [0.5, 0.6) is 0 Å². The van der Waals surface area contributed by atoms with E-state index in [1.54, 1.807) is 24.3 Å². The third-order valence-electron chi connectivity index (χ3n) is 4.44. The second kappa shape index (κ2) is 8.56. The highest BCUT2D eigenvalue weighted by Crippen LogP contribution is 2.31. The molecule has 0 fully saturated rings. The highest BCUT2D eigenvalue weighted by molar-refractivity contribution is 7.91. The summed E-state index contributed by atoms with van der Waals surface area (Å²) in [6.07, 6.45) is 0. The van der Waals surface area contributed by atoms with Crippen LogP contribution in [0.3, 0.4) is 0 Å². The van der Waals surface area contributed by atoms with E-state index < -0.39 is 21.6 Å². The molecule has 1 heterocycles. The van der Waals surface area contributed by atoms with Crippen LogP contribution >= 0.6 is 11.3 Å². The molecule has 2 aromatic carbocycles. The van der Waals surface area contributed by atoms with Gasteiger partial charge in [-0.1, -0.05) is 36.5 Å². The summed E-state index contributed by atoms with van der Waals surface area (Å²) in [4.78, 5) is 21.1. The number of carbonyl (C=O) groups is 1. The lowest BCUT2D eigenvalue weighted by atomic mass is 10.2. The molecule has 0 bridgehead atoms. The summed E-state index contributed by atoms with van der Waals surface area (Å²) < 4.78 is 39.7. The number of amides is 1. The Morgan fingerprint density at radius 2 is 1.83 bits per heavy atom. The number of anilines is 1. The first-order chi connectivity index (χ1) is 13.7. The predicted octanol–water partition coefficient (Wildman–Crippen LogP) is 3.44. The van der Waals surface area contributed by atoms with E-state index in [0.29, 0.717) is 16.4 Å². The first-order valence-corrected chi connectivity index (χ1v) is 11.5. The number of likely N-dealkylation sites (N-methyl/N-ethyl adjacent to an activating group) is 1. The van der Waals surface area contributed by atoms with E-state index in [9.17, 15) is 17.6 Å². The first-order valence-electron chi connectivity index (χ1n) is 9.08. The van der Waals surface area contributed by atoms with Gasteiger partial charge >= 0.3 is 0 Å². The molecule has 1 amide bonds. The SMILES string of the molecule is CCS(=O)(=O)c1ccccc1C(=O)N(CCN(C)C)c1nc2c(F)cccc2s1. The number of carbonyl (C=O) groups excluding carboxylic acids is 1. The Morgan fingerprint density at radius 1 is 1.10 bits per heavy atom.